The van der Waals surface area contributed by atoms with Crippen LogP contribution in [0.5, 0.6) is 0 Å². The third-order valence-corrected chi connectivity index (χ3v) is 1.55. The molecule has 0 heterocycles. The zero-order chi connectivity index (χ0) is 8.97. The van der Waals surface area contributed by atoms with Gasteiger partial charge in [-0.15, -0.1) is 0 Å². The summed E-state index contributed by atoms with van der Waals surface area (Å²) in [6, 6.07) is 9.21. The van der Waals surface area contributed by atoms with Gasteiger partial charge in [0.15, 0.2) is 0 Å². The van der Waals surface area contributed by atoms with Gasteiger partial charge in [-0.05, 0) is 12.5 Å². The first-order chi connectivity index (χ1) is 5.70. The molecule has 64 valence electrons. The van der Waals surface area contributed by atoms with Gasteiger partial charge in [-0.25, -0.2) is 4.79 Å². The summed E-state index contributed by atoms with van der Waals surface area (Å²) in [6.45, 7) is 1.70. The molecular formula is C9H10O3. The van der Waals surface area contributed by atoms with E-state index in [4.69, 9.17) is 5.11 Å². The fourth-order valence-corrected chi connectivity index (χ4v) is 0.943. The molecule has 0 spiro atoms. The Kier molecular flexibility index (Phi) is 2.69. The minimum absolute atomic E-state index is 0.399. The predicted molar refractivity (Wildman–Crippen MR) is 44.0 cm³/mol. The lowest BCUT2D eigenvalue weighted by Crippen LogP contribution is -2.05. The van der Waals surface area contributed by atoms with E-state index in [0.29, 0.717) is 0 Å². The van der Waals surface area contributed by atoms with Crippen molar-refractivity contribution in [2.45, 2.75) is 13.0 Å². The molecule has 12 heavy (non-hydrogen) atoms. The van der Waals surface area contributed by atoms with Gasteiger partial charge in [0.2, 0.25) is 0 Å². The highest BCUT2D eigenvalue weighted by Crippen LogP contribution is 2.15. The van der Waals surface area contributed by atoms with Crippen LogP contribution in [0.4, 0.5) is 4.79 Å². The molecule has 1 N–H and O–H groups in total. The van der Waals surface area contributed by atoms with Crippen LogP contribution in [0.15, 0.2) is 30.3 Å². The van der Waals surface area contributed by atoms with Crippen LogP contribution in [0.25, 0.3) is 0 Å². The van der Waals surface area contributed by atoms with Gasteiger partial charge >= 0.3 is 6.16 Å². The van der Waals surface area contributed by atoms with Crippen molar-refractivity contribution in [3.63, 3.8) is 0 Å². The highest BCUT2D eigenvalue weighted by Gasteiger charge is 2.08. The third-order valence-electron chi connectivity index (χ3n) is 1.55. The lowest BCUT2D eigenvalue weighted by molar-refractivity contribution is 0.0587. The van der Waals surface area contributed by atoms with E-state index < -0.39 is 12.3 Å². The summed E-state index contributed by atoms with van der Waals surface area (Å²) < 4.78 is 4.55. The van der Waals surface area contributed by atoms with E-state index in [2.05, 4.69) is 4.74 Å². The molecule has 1 aromatic rings. The Bertz CT molecular complexity index is 256. The SMILES string of the molecule is C[C@@H](OC(=O)O)c1ccccc1. The van der Waals surface area contributed by atoms with Crippen molar-refractivity contribution in [2.75, 3.05) is 0 Å². The van der Waals surface area contributed by atoms with Gasteiger partial charge in [-0.3, -0.25) is 0 Å². The monoisotopic (exact) mass is 166 g/mol. The molecule has 0 fully saturated rings. The number of benzene rings is 1. The summed E-state index contributed by atoms with van der Waals surface area (Å²) in [5.74, 6) is 0. The molecular weight excluding hydrogens is 156 g/mol. The second kappa shape index (κ2) is 3.76. The lowest BCUT2D eigenvalue weighted by atomic mass is 10.1. The second-order valence-corrected chi connectivity index (χ2v) is 2.44. The van der Waals surface area contributed by atoms with E-state index in [0.717, 1.165) is 5.56 Å². The van der Waals surface area contributed by atoms with E-state index >= 15 is 0 Å². The van der Waals surface area contributed by atoms with Crippen LogP contribution < -0.4 is 0 Å². The van der Waals surface area contributed by atoms with Gasteiger partial charge in [0.25, 0.3) is 0 Å². The van der Waals surface area contributed by atoms with Crippen molar-refractivity contribution < 1.29 is 14.6 Å². The number of hydrogen-bond acceptors (Lipinski definition) is 2. The molecule has 1 atom stereocenters. The summed E-state index contributed by atoms with van der Waals surface area (Å²) in [7, 11) is 0. The number of rotatable bonds is 2. The van der Waals surface area contributed by atoms with E-state index in [-0.39, 0.29) is 0 Å². The molecule has 0 aliphatic carbocycles. The second-order valence-electron chi connectivity index (χ2n) is 2.44. The number of hydrogen-bond donors (Lipinski definition) is 1. The van der Waals surface area contributed by atoms with E-state index in [1.54, 1.807) is 6.92 Å². The largest absolute Gasteiger partial charge is 0.506 e. The molecule has 1 aromatic carbocycles. The Morgan fingerprint density at radius 1 is 1.42 bits per heavy atom. The zero-order valence-corrected chi connectivity index (χ0v) is 6.73. The maximum Gasteiger partial charge on any atom is 0.506 e. The van der Waals surface area contributed by atoms with E-state index in [1.165, 1.54) is 0 Å². The molecule has 0 saturated carbocycles. The molecule has 0 aliphatic heterocycles. The van der Waals surface area contributed by atoms with Crippen LogP contribution in [0.2, 0.25) is 0 Å². The summed E-state index contributed by atoms with van der Waals surface area (Å²) >= 11 is 0. The molecule has 0 aliphatic rings. The molecule has 0 unspecified atom stereocenters. The van der Waals surface area contributed by atoms with Crippen molar-refractivity contribution in [3.05, 3.63) is 35.9 Å². The topological polar surface area (TPSA) is 46.5 Å². The molecule has 0 saturated heterocycles. The predicted octanol–water partition coefficient (Wildman–Crippen LogP) is 2.44. The first kappa shape index (κ1) is 8.59. The first-order valence-electron chi connectivity index (χ1n) is 3.64. The highest BCUT2D eigenvalue weighted by atomic mass is 16.7. The Balaban J connectivity index is 2.65. The van der Waals surface area contributed by atoms with Gasteiger partial charge in [0.1, 0.15) is 6.10 Å². The quantitative estimate of drug-likeness (QED) is 0.686. The number of carboxylic acid groups (broad SMARTS) is 1. The Hall–Kier alpha value is -1.51. The fourth-order valence-electron chi connectivity index (χ4n) is 0.943. The minimum atomic E-state index is -1.24. The zero-order valence-electron chi connectivity index (χ0n) is 6.73. The van der Waals surface area contributed by atoms with Crippen LogP contribution in [-0.4, -0.2) is 11.3 Å². The van der Waals surface area contributed by atoms with Crippen molar-refractivity contribution >= 4 is 6.16 Å². The molecule has 0 radical (unpaired) electrons. The van der Waals surface area contributed by atoms with Crippen LogP contribution in [-0.2, 0) is 4.74 Å². The van der Waals surface area contributed by atoms with Crippen molar-refractivity contribution in [3.8, 4) is 0 Å². The standard InChI is InChI=1S/C9H10O3/c1-7(12-9(10)11)8-5-3-2-4-6-8/h2-7H,1H3,(H,10,11)/t7-/m1/s1. The van der Waals surface area contributed by atoms with Gasteiger partial charge in [0.05, 0.1) is 0 Å². The van der Waals surface area contributed by atoms with Gasteiger partial charge in [0, 0.05) is 0 Å². The molecule has 3 heteroatoms. The fraction of sp³-hybridized carbons (Fsp3) is 0.222. The van der Waals surface area contributed by atoms with Crippen LogP contribution >= 0.6 is 0 Å². The normalized spacial score (nSPS) is 12.1. The first-order valence-corrected chi connectivity index (χ1v) is 3.64. The van der Waals surface area contributed by atoms with Gasteiger partial charge in [-0.1, -0.05) is 30.3 Å². The van der Waals surface area contributed by atoms with E-state index in [9.17, 15) is 4.79 Å². The molecule has 0 aromatic heterocycles. The Morgan fingerprint density at radius 3 is 2.50 bits per heavy atom. The van der Waals surface area contributed by atoms with Crippen molar-refractivity contribution in [2.24, 2.45) is 0 Å². The average molecular weight is 166 g/mol. The summed E-state index contributed by atoms with van der Waals surface area (Å²) in [6.07, 6.45) is -1.64. The van der Waals surface area contributed by atoms with Crippen molar-refractivity contribution in [1.29, 1.82) is 0 Å². The van der Waals surface area contributed by atoms with Crippen LogP contribution in [0.3, 0.4) is 0 Å². The molecule has 0 bridgehead atoms. The minimum Gasteiger partial charge on any atom is -0.450 e. The summed E-state index contributed by atoms with van der Waals surface area (Å²) in [5.41, 5.74) is 0.861. The van der Waals surface area contributed by atoms with Crippen molar-refractivity contribution in [1.82, 2.24) is 0 Å². The molecule has 1 rings (SSSR count). The average Bonchev–Trinajstić information content (AvgIpc) is 2.05. The summed E-state index contributed by atoms with van der Waals surface area (Å²) in [5, 5.41) is 8.32. The van der Waals surface area contributed by atoms with Crippen LogP contribution in [0.1, 0.15) is 18.6 Å². The maximum absolute atomic E-state index is 10.2. The van der Waals surface area contributed by atoms with Gasteiger partial charge < -0.3 is 9.84 Å². The smallest absolute Gasteiger partial charge is 0.450 e. The summed E-state index contributed by atoms with van der Waals surface area (Å²) in [4.78, 5) is 10.2. The molecule has 3 nitrogen and oxygen atoms in total. The number of carbonyl (C=O) groups is 1. The van der Waals surface area contributed by atoms with Crippen LogP contribution in [0, 0.1) is 0 Å². The van der Waals surface area contributed by atoms with Gasteiger partial charge in [-0.2, -0.15) is 0 Å². The third kappa shape index (κ3) is 2.27. The lowest BCUT2D eigenvalue weighted by Gasteiger charge is -2.09. The highest BCUT2D eigenvalue weighted by molar-refractivity contribution is 5.57. The van der Waals surface area contributed by atoms with E-state index in [1.807, 2.05) is 30.3 Å². The molecule has 0 amide bonds. The Morgan fingerprint density at radius 2 is 2.00 bits per heavy atom. The Labute approximate surface area is 70.6 Å². The maximum atomic E-state index is 10.2. The number of ether oxygens (including phenoxy) is 1.